The Balaban J connectivity index is 2.70. The van der Waals surface area contributed by atoms with E-state index >= 15 is 0 Å². The fourth-order valence-electron chi connectivity index (χ4n) is 1.72. The summed E-state index contributed by atoms with van der Waals surface area (Å²) in [5.74, 6) is 0. The Morgan fingerprint density at radius 1 is 1.29 bits per heavy atom. The van der Waals surface area contributed by atoms with Gasteiger partial charge in [-0.25, -0.2) is 0 Å². The molecule has 0 amide bonds. The molecule has 1 heterocycles. The number of thiophene rings is 1. The smallest absolute Gasteiger partial charge is 0.128 e. The summed E-state index contributed by atoms with van der Waals surface area (Å²) in [6.45, 7) is 4.02. The molecule has 0 aliphatic carbocycles. The largest absolute Gasteiger partial charge is 0.397 e. The minimum absolute atomic E-state index is 0.594. The lowest BCUT2D eigenvalue weighted by molar-refractivity contribution is 1.42. The summed E-state index contributed by atoms with van der Waals surface area (Å²) >= 11 is 4.97. The van der Waals surface area contributed by atoms with Crippen LogP contribution in [0.2, 0.25) is 0 Å². The molecule has 1 aromatic carbocycles. The van der Waals surface area contributed by atoms with E-state index in [-0.39, 0.29) is 0 Å². The van der Waals surface area contributed by atoms with Crippen molar-refractivity contribution in [1.82, 2.24) is 0 Å². The van der Waals surface area contributed by atoms with Crippen molar-refractivity contribution in [2.75, 3.05) is 5.73 Å². The number of nitriles is 1. The van der Waals surface area contributed by atoms with E-state index in [0.717, 1.165) is 20.5 Å². The highest BCUT2D eigenvalue weighted by Crippen LogP contribution is 2.40. The molecule has 0 spiro atoms. The highest BCUT2D eigenvalue weighted by atomic mass is 79.9. The first-order chi connectivity index (χ1) is 8.06. The van der Waals surface area contributed by atoms with Crippen molar-refractivity contribution in [3.8, 4) is 16.5 Å². The van der Waals surface area contributed by atoms with Crippen LogP contribution in [0.15, 0.2) is 22.7 Å². The van der Waals surface area contributed by atoms with Crippen molar-refractivity contribution < 1.29 is 0 Å². The van der Waals surface area contributed by atoms with Gasteiger partial charge in [0, 0.05) is 9.35 Å². The zero-order chi connectivity index (χ0) is 12.6. The third-order valence-corrected chi connectivity index (χ3v) is 4.91. The molecule has 0 saturated carbocycles. The minimum Gasteiger partial charge on any atom is -0.397 e. The van der Waals surface area contributed by atoms with Gasteiger partial charge < -0.3 is 5.73 Å². The highest BCUT2D eigenvalue weighted by Gasteiger charge is 2.15. The molecular formula is C13H11BrN2S. The molecule has 0 unspecified atom stereocenters. The number of nitrogen functional groups attached to an aromatic ring is 1. The van der Waals surface area contributed by atoms with Gasteiger partial charge in [-0.1, -0.05) is 28.1 Å². The van der Waals surface area contributed by atoms with Crippen molar-refractivity contribution >= 4 is 33.0 Å². The number of halogens is 1. The van der Waals surface area contributed by atoms with E-state index in [1.807, 2.05) is 19.1 Å². The molecule has 2 nitrogen and oxygen atoms in total. The van der Waals surface area contributed by atoms with Gasteiger partial charge in [0.25, 0.3) is 0 Å². The third kappa shape index (κ3) is 1.97. The SMILES string of the molecule is Cc1c(Br)cccc1-c1sc(C#N)c(N)c1C. The van der Waals surface area contributed by atoms with Crippen LogP contribution in [0.1, 0.15) is 16.0 Å². The fourth-order valence-corrected chi connectivity index (χ4v) is 3.19. The van der Waals surface area contributed by atoms with Gasteiger partial charge in [0.1, 0.15) is 10.9 Å². The van der Waals surface area contributed by atoms with Crippen molar-refractivity contribution in [2.45, 2.75) is 13.8 Å². The van der Waals surface area contributed by atoms with E-state index in [9.17, 15) is 0 Å². The third-order valence-electron chi connectivity index (χ3n) is 2.81. The maximum absolute atomic E-state index is 9.00. The molecule has 0 bridgehead atoms. The van der Waals surface area contributed by atoms with Crippen LogP contribution < -0.4 is 5.73 Å². The molecule has 0 saturated heterocycles. The number of nitrogens with zero attached hydrogens (tertiary/aromatic N) is 1. The summed E-state index contributed by atoms with van der Waals surface area (Å²) in [4.78, 5) is 1.68. The number of benzene rings is 1. The molecule has 1 aromatic heterocycles. The van der Waals surface area contributed by atoms with E-state index in [0.29, 0.717) is 10.6 Å². The van der Waals surface area contributed by atoms with Crippen LogP contribution in [0.25, 0.3) is 10.4 Å². The van der Waals surface area contributed by atoms with Crippen molar-refractivity contribution in [3.05, 3.63) is 38.7 Å². The highest BCUT2D eigenvalue weighted by molar-refractivity contribution is 9.10. The minimum atomic E-state index is 0.594. The Kier molecular flexibility index (Phi) is 3.23. The summed E-state index contributed by atoms with van der Waals surface area (Å²) in [7, 11) is 0. The predicted molar refractivity (Wildman–Crippen MR) is 76.1 cm³/mol. The van der Waals surface area contributed by atoms with E-state index in [4.69, 9.17) is 11.0 Å². The van der Waals surface area contributed by atoms with Gasteiger partial charge in [0.2, 0.25) is 0 Å². The molecule has 0 atom stereocenters. The monoisotopic (exact) mass is 306 g/mol. The van der Waals surface area contributed by atoms with Gasteiger partial charge in [-0.05, 0) is 36.6 Å². The Labute approximate surface area is 113 Å². The number of hydrogen-bond acceptors (Lipinski definition) is 3. The summed E-state index contributed by atoms with van der Waals surface area (Å²) in [6, 6.07) is 8.20. The first kappa shape index (κ1) is 12.2. The zero-order valence-electron chi connectivity index (χ0n) is 9.54. The molecule has 0 fully saturated rings. The van der Waals surface area contributed by atoms with Crippen molar-refractivity contribution in [2.24, 2.45) is 0 Å². The Hall–Kier alpha value is -1.31. The Morgan fingerprint density at radius 3 is 2.59 bits per heavy atom. The van der Waals surface area contributed by atoms with Crippen LogP contribution in [0.4, 0.5) is 5.69 Å². The number of anilines is 1. The summed E-state index contributed by atoms with van der Waals surface area (Å²) in [5, 5.41) is 9.00. The first-order valence-corrected chi connectivity index (χ1v) is 6.71. The standard InChI is InChI=1S/C13H11BrN2S/c1-7-9(4-3-5-10(7)14)13-8(2)12(16)11(6-15)17-13/h3-5H,16H2,1-2H3. The second-order valence-electron chi connectivity index (χ2n) is 3.82. The van der Waals surface area contributed by atoms with Crippen LogP contribution >= 0.6 is 27.3 Å². The molecule has 0 aliphatic heterocycles. The van der Waals surface area contributed by atoms with Gasteiger partial charge in [0.15, 0.2) is 0 Å². The maximum atomic E-state index is 9.00. The summed E-state index contributed by atoms with van der Waals surface area (Å²) in [6.07, 6.45) is 0. The Bertz CT molecular complexity index is 623. The quantitative estimate of drug-likeness (QED) is 0.856. The van der Waals surface area contributed by atoms with Gasteiger partial charge >= 0.3 is 0 Å². The zero-order valence-corrected chi connectivity index (χ0v) is 11.9. The van der Waals surface area contributed by atoms with Crippen molar-refractivity contribution in [1.29, 1.82) is 5.26 Å². The first-order valence-electron chi connectivity index (χ1n) is 5.10. The molecule has 86 valence electrons. The number of hydrogen-bond donors (Lipinski definition) is 1. The molecule has 0 aliphatic rings. The Morgan fingerprint density at radius 2 is 2.00 bits per heavy atom. The average Bonchev–Trinajstić information content (AvgIpc) is 2.60. The second-order valence-corrected chi connectivity index (χ2v) is 5.70. The van der Waals surface area contributed by atoms with E-state index in [1.54, 1.807) is 0 Å². The normalized spacial score (nSPS) is 10.2. The van der Waals surface area contributed by atoms with Crippen LogP contribution in [0.3, 0.4) is 0 Å². The molecule has 4 heteroatoms. The molecule has 2 aromatic rings. The average molecular weight is 307 g/mol. The van der Waals surface area contributed by atoms with Crippen LogP contribution in [0, 0.1) is 25.2 Å². The fraction of sp³-hybridized carbons (Fsp3) is 0.154. The van der Waals surface area contributed by atoms with Crippen LogP contribution in [-0.4, -0.2) is 0 Å². The molecule has 2 rings (SSSR count). The van der Waals surface area contributed by atoms with Crippen molar-refractivity contribution in [3.63, 3.8) is 0 Å². The molecular weight excluding hydrogens is 296 g/mol. The number of rotatable bonds is 1. The van der Waals surface area contributed by atoms with Gasteiger partial charge in [-0.2, -0.15) is 5.26 Å². The van der Waals surface area contributed by atoms with E-state index in [1.165, 1.54) is 16.9 Å². The van der Waals surface area contributed by atoms with Gasteiger partial charge in [-0.3, -0.25) is 0 Å². The lowest BCUT2D eigenvalue weighted by Gasteiger charge is -2.06. The lowest BCUT2D eigenvalue weighted by Crippen LogP contribution is -1.88. The summed E-state index contributed by atoms with van der Waals surface area (Å²) in [5.41, 5.74) is 9.81. The van der Waals surface area contributed by atoms with E-state index < -0.39 is 0 Å². The van der Waals surface area contributed by atoms with Crippen LogP contribution in [0.5, 0.6) is 0 Å². The van der Waals surface area contributed by atoms with Gasteiger partial charge in [0.05, 0.1) is 5.69 Å². The summed E-state index contributed by atoms with van der Waals surface area (Å²) < 4.78 is 1.07. The van der Waals surface area contributed by atoms with E-state index in [2.05, 4.69) is 35.0 Å². The molecule has 0 radical (unpaired) electrons. The van der Waals surface area contributed by atoms with Gasteiger partial charge in [-0.15, -0.1) is 11.3 Å². The maximum Gasteiger partial charge on any atom is 0.128 e. The van der Waals surface area contributed by atoms with Crippen LogP contribution in [-0.2, 0) is 0 Å². The second kappa shape index (κ2) is 4.52. The molecule has 2 N–H and O–H groups in total. The molecule has 17 heavy (non-hydrogen) atoms. The lowest BCUT2D eigenvalue weighted by atomic mass is 10.0. The topological polar surface area (TPSA) is 49.8 Å². The number of nitrogens with two attached hydrogens (primary N) is 1. The predicted octanol–water partition coefficient (Wildman–Crippen LogP) is 4.25.